The summed E-state index contributed by atoms with van der Waals surface area (Å²) in [5, 5.41) is 7.76. The standard InChI is InChI=1S/C18H24N4O2/c1-2-4-16(5-3-1)9-21-6-7-23-13-18(12-21)8-17(11-24-18)10-22-14-19-20-15-22/h1-5,14-15,17H,6-13H2/t17-,18-/m1/s1. The van der Waals surface area contributed by atoms with Crippen molar-refractivity contribution >= 4 is 0 Å². The highest BCUT2D eigenvalue weighted by Gasteiger charge is 2.43. The summed E-state index contributed by atoms with van der Waals surface area (Å²) >= 11 is 0. The van der Waals surface area contributed by atoms with Crippen molar-refractivity contribution in [3.63, 3.8) is 0 Å². The Morgan fingerprint density at radius 3 is 2.83 bits per heavy atom. The normalized spacial score (nSPS) is 28.2. The van der Waals surface area contributed by atoms with Crippen LogP contribution in [0.5, 0.6) is 0 Å². The maximum absolute atomic E-state index is 6.27. The number of hydrogen-bond donors (Lipinski definition) is 0. The molecule has 1 aromatic heterocycles. The lowest BCUT2D eigenvalue weighted by Gasteiger charge is -2.31. The van der Waals surface area contributed by atoms with E-state index in [1.165, 1.54) is 5.56 Å². The number of ether oxygens (including phenoxy) is 2. The Labute approximate surface area is 142 Å². The summed E-state index contributed by atoms with van der Waals surface area (Å²) in [5.74, 6) is 0.487. The number of aromatic nitrogens is 3. The number of hydrogen-bond acceptors (Lipinski definition) is 5. The molecule has 6 nitrogen and oxygen atoms in total. The van der Waals surface area contributed by atoms with E-state index in [1.807, 2.05) is 4.57 Å². The molecule has 2 fully saturated rings. The zero-order chi connectivity index (χ0) is 16.2. The summed E-state index contributed by atoms with van der Waals surface area (Å²) in [7, 11) is 0. The van der Waals surface area contributed by atoms with Gasteiger partial charge in [-0.25, -0.2) is 0 Å². The van der Waals surface area contributed by atoms with Crippen LogP contribution >= 0.6 is 0 Å². The summed E-state index contributed by atoms with van der Waals surface area (Å²) in [6.45, 7) is 5.99. The summed E-state index contributed by atoms with van der Waals surface area (Å²) in [4.78, 5) is 2.46. The van der Waals surface area contributed by atoms with Crippen LogP contribution in [0, 0.1) is 5.92 Å². The second-order valence-electron chi connectivity index (χ2n) is 6.97. The van der Waals surface area contributed by atoms with Crippen molar-refractivity contribution < 1.29 is 9.47 Å². The van der Waals surface area contributed by atoms with E-state index >= 15 is 0 Å². The Kier molecular flexibility index (Phi) is 4.60. The fourth-order valence-corrected chi connectivity index (χ4v) is 3.84. The van der Waals surface area contributed by atoms with Crippen LogP contribution in [0.1, 0.15) is 12.0 Å². The molecule has 2 atom stereocenters. The van der Waals surface area contributed by atoms with Gasteiger partial charge in [0, 0.05) is 32.1 Å². The van der Waals surface area contributed by atoms with E-state index in [9.17, 15) is 0 Å². The average molecular weight is 328 g/mol. The third-order valence-electron chi connectivity index (χ3n) is 4.90. The van der Waals surface area contributed by atoms with Gasteiger partial charge < -0.3 is 14.0 Å². The molecule has 24 heavy (non-hydrogen) atoms. The van der Waals surface area contributed by atoms with Crippen molar-refractivity contribution in [3.8, 4) is 0 Å². The Morgan fingerprint density at radius 1 is 1.17 bits per heavy atom. The first-order valence-corrected chi connectivity index (χ1v) is 8.62. The van der Waals surface area contributed by atoms with Crippen LogP contribution in [0.25, 0.3) is 0 Å². The first-order valence-electron chi connectivity index (χ1n) is 8.62. The van der Waals surface area contributed by atoms with Crippen LogP contribution < -0.4 is 0 Å². The van der Waals surface area contributed by atoms with Crippen molar-refractivity contribution in [3.05, 3.63) is 48.5 Å². The molecule has 1 spiro atoms. The maximum atomic E-state index is 6.27. The molecular weight excluding hydrogens is 304 g/mol. The van der Waals surface area contributed by atoms with Gasteiger partial charge in [-0.05, 0) is 12.0 Å². The summed E-state index contributed by atoms with van der Waals surface area (Å²) < 4.78 is 14.2. The maximum Gasteiger partial charge on any atom is 0.119 e. The fourth-order valence-electron chi connectivity index (χ4n) is 3.84. The van der Waals surface area contributed by atoms with Gasteiger partial charge in [0.15, 0.2) is 0 Å². The molecule has 4 rings (SSSR count). The molecule has 0 unspecified atom stereocenters. The third kappa shape index (κ3) is 3.66. The lowest BCUT2D eigenvalue weighted by atomic mass is 9.94. The van der Waals surface area contributed by atoms with Gasteiger partial charge in [0.05, 0.1) is 19.8 Å². The van der Waals surface area contributed by atoms with Gasteiger partial charge in [0.25, 0.3) is 0 Å². The van der Waals surface area contributed by atoms with Crippen LogP contribution in [-0.2, 0) is 22.6 Å². The van der Waals surface area contributed by atoms with Gasteiger partial charge in [-0.15, -0.1) is 10.2 Å². The molecule has 0 N–H and O–H groups in total. The van der Waals surface area contributed by atoms with Crippen molar-refractivity contribution in [2.24, 2.45) is 5.92 Å². The second kappa shape index (κ2) is 7.01. The number of nitrogens with zero attached hydrogens (tertiary/aromatic N) is 4. The molecule has 0 saturated carbocycles. The number of rotatable bonds is 4. The minimum absolute atomic E-state index is 0.177. The second-order valence-corrected chi connectivity index (χ2v) is 6.97. The Hall–Kier alpha value is -1.76. The molecule has 0 radical (unpaired) electrons. The molecule has 128 valence electrons. The van der Waals surface area contributed by atoms with Gasteiger partial charge in [-0.1, -0.05) is 30.3 Å². The van der Waals surface area contributed by atoms with Crippen LogP contribution in [0.4, 0.5) is 0 Å². The number of benzene rings is 1. The zero-order valence-electron chi connectivity index (χ0n) is 13.9. The molecule has 1 aromatic carbocycles. The molecule has 2 saturated heterocycles. The Balaban J connectivity index is 1.40. The molecule has 0 aliphatic carbocycles. The molecule has 2 aromatic rings. The van der Waals surface area contributed by atoms with Gasteiger partial charge in [0.2, 0.25) is 0 Å². The first-order chi connectivity index (χ1) is 11.8. The molecule has 2 aliphatic heterocycles. The Bertz CT molecular complexity index is 634. The van der Waals surface area contributed by atoms with E-state index in [0.717, 1.165) is 45.8 Å². The van der Waals surface area contributed by atoms with E-state index in [4.69, 9.17) is 9.47 Å². The molecule has 0 bridgehead atoms. The van der Waals surface area contributed by atoms with Crippen LogP contribution in [-0.4, -0.2) is 58.2 Å². The zero-order valence-corrected chi connectivity index (χ0v) is 13.9. The van der Waals surface area contributed by atoms with Crippen molar-refractivity contribution in [1.82, 2.24) is 19.7 Å². The lowest BCUT2D eigenvalue weighted by molar-refractivity contribution is -0.0563. The summed E-state index contributed by atoms with van der Waals surface area (Å²) in [6.07, 6.45) is 4.57. The van der Waals surface area contributed by atoms with Crippen molar-refractivity contribution in [2.75, 3.05) is 32.9 Å². The fraction of sp³-hybridized carbons (Fsp3) is 0.556. The van der Waals surface area contributed by atoms with Gasteiger partial charge in [-0.3, -0.25) is 4.90 Å². The van der Waals surface area contributed by atoms with E-state index in [-0.39, 0.29) is 5.60 Å². The molecule has 0 amide bonds. The van der Waals surface area contributed by atoms with Crippen molar-refractivity contribution in [2.45, 2.75) is 25.1 Å². The topological polar surface area (TPSA) is 52.4 Å². The van der Waals surface area contributed by atoms with Crippen molar-refractivity contribution in [1.29, 1.82) is 0 Å². The molecule has 3 heterocycles. The molecular formula is C18H24N4O2. The summed E-state index contributed by atoms with van der Waals surface area (Å²) in [6, 6.07) is 10.6. The van der Waals surface area contributed by atoms with E-state index in [1.54, 1.807) is 12.7 Å². The highest BCUT2D eigenvalue weighted by molar-refractivity contribution is 5.14. The average Bonchev–Trinajstić information content (AvgIpc) is 3.19. The quantitative estimate of drug-likeness (QED) is 0.853. The Morgan fingerprint density at radius 2 is 2.00 bits per heavy atom. The lowest BCUT2D eigenvalue weighted by Crippen LogP contribution is -2.43. The van der Waals surface area contributed by atoms with Crippen LogP contribution in [0.3, 0.4) is 0 Å². The SMILES string of the molecule is c1ccc(CN2CCOC[C@@]3(C[C@H](Cn4cnnc4)CO3)C2)cc1. The van der Waals surface area contributed by atoms with Gasteiger partial charge in [-0.2, -0.15) is 0 Å². The van der Waals surface area contributed by atoms with E-state index in [0.29, 0.717) is 12.5 Å². The minimum atomic E-state index is -0.177. The highest BCUT2D eigenvalue weighted by Crippen LogP contribution is 2.33. The van der Waals surface area contributed by atoms with Gasteiger partial charge >= 0.3 is 0 Å². The molecule has 2 aliphatic rings. The van der Waals surface area contributed by atoms with Crippen LogP contribution in [0.2, 0.25) is 0 Å². The monoisotopic (exact) mass is 328 g/mol. The first kappa shape index (κ1) is 15.7. The smallest absolute Gasteiger partial charge is 0.119 e. The van der Waals surface area contributed by atoms with Gasteiger partial charge in [0.1, 0.15) is 18.3 Å². The third-order valence-corrected chi connectivity index (χ3v) is 4.90. The van der Waals surface area contributed by atoms with E-state index < -0.39 is 0 Å². The van der Waals surface area contributed by atoms with E-state index in [2.05, 4.69) is 45.4 Å². The predicted octanol–water partition coefficient (Wildman–Crippen LogP) is 1.59. The van der Waals surface area contributed by atoms with Crippen LogP contribution in [0.15, 0.2) is 43.0 Å². The highest BCUT2D eigenvalue weighted by atomic mass is 16.5. The molecule has 6 heteroatoms. The largest absolute Gasteiger partial charge is 0.377 e. The predicted molar refractivity (Wildman–Crippen MR) is 89.4 cm³/mol. The minimum Gasteiger partial charge on any atom is -0.377 e. The summed E-state index contributed by atoms with van der Waals surface area (Å²) in [5.41, 5.74) is 1.16.